The van der Waals surface area contributed by atoms with Crippen LogP contribution >= 0.6 is 0 Å². The molecule has 0 unspecified atom stereocenters. The first-order valence-corrected chi connectivity index (χ1v) is 8.56. The lowest BCUT2D eigenvalue weighted by atomic mass is 9.99. The van der Waals surface area contributed by atoms with Crippen molar-refractivity contribution in [3.63, 3.8) is 0 Å². The zero-order valence-corrected chi connectivity index (χ0v) is 15.0. The molecule has 3 atom stereocenters. The van der Waals surface area contributed by atoms with Crippen LogP contribution in [0.15, 0.2) is 60.7 Å². The summed E-state index contributed by atoms with van der Waals surface area (Å²) in [6, 6.07) is 14.8. The molecule has 0 aliphatic carbocycles. The van der Waals surface area contributed by atoms with Crippen molar-refractivity contribution in [2.24, 2.45) is 5.73 Å². The number of rotatable bonds is 8. The molecule has 0 heterocycles. The molecule has 144 valence electrons. The average Bonchev–Trinajstić information content (AvgIpc) is 2.72. The number of carbonyl (C=O) groups is 3. The Morgan fingerprint density at radius 3 is 2.11 bits per heavy atom. The van der Waals surface area contributed by atoms with E-state index in [1.807, 2.05) is 0 Å². The van der Waals surface area contributed by atoms with Crippen LogP contribution in [0.3, 0.4) is 0 Å². The second-order valence-electron chi connectivity index (χ2n) is 6.04. The maximum absolute atomic E-state index is 12.5. The highest BCUT2D eigenvalue weighted by molar-refractivity contribution is 5.95. The standard InChI is InChI=1S/C21H21N3O4/c1-2-9-16(19(22)26)23-21(28)18(25)17(14-10-5-3-6-11-14)24-20(27)15-12-7-4-8-13-15/h1,3-8,10-13,16-18,25H,9H2,(H2,22,26)(H,23,28)(H,24,27)/t16-,17+,18-/m1/s1. The zero-order valence-electron chi connectivity index (χ0n) is 15.0. The first-order chi connectivity index (χ1) is 13.4. The number of aliphatic hydroxyl groups excluding tert-OH is 1. The molecule has 2 aromatic rings. The summed E-state index contributed by atoms with van der Waals surface area (Å²) >= 11 is 0. The van der Waals surface area contributed by atoms with Crippen molar-refractivity contribution in [1.29, 1.82) is 0 Å². The van der Waals surface area contributed by atoms with E-state index < -0.39 is 35.9 Å². The summed E-state index contributed by atoms with van der Waals surface area (Å²) in [7, 11) is 0. The molecule has 2 rings (SSSR count). The third kappa shape index (κ3) is 5.43. The van der Waals surface area contributed by atoms with E-state index in [0.29, 0.717) is 11.1 Å². The Balaban J connectivity index is 2.23. The van der Waals surface area contributed by atoms with Gasteiger partial charge in [0.25, 0.3) is 11.8 Å². The minimum Gasteiger partial charge on any atom is -0.381 e. The largest absolute Gasteiger partial charge is 0.381 e. The number of carbonyl (C=O) groups excluding carboxylic acids is 3. The van der Waals surface area contributed by atoms with E-state index >= 15 is 0 Å². The van der Waals surface area contributed by atoms with Gasteiger partial charge in [0.15, 0.2) is 6.10 Å². The molecule has 7 nitrogen and oxygen atoms in total. The summed E-state index contributed by atoms with van der Waals surface area (Å²) in [6.07, 6.45) is 3.39. The van der Waals surface area contributed by atoms with E-state index in [1.54, 1.807) is 60.7 Å². The molecule has 3 amide bonds. The van der Waals surface area contributed by atoms with E-state index in [9.17, 15) is 19.5 Å². The molecule has 0 saturated heterocycles. The highest BCUT2D eigenvalue weighted by Crippen LogP contribution is 2.18. The van der Waals surface area contributed by atoms with Crippen molar-refractivity contribution in [2.45, 2.75) is 24.6 Å². The summed E-state index contributed by atoms with van der Waals surface area (Å²) in [5, 5.41) is 15.6. The van der Waals surface area contributed by atoms with Gasteiger partial charge < -0.3 is 21.5 Å². The molecule has 0 fully saturated rings. The van der Waals surface area contributed by atoms with Crippen molar-refractivity contribution in [2.75, 3.05) is 0 Å². The summed E-state index contributed by atoms with van der Waals surface area (Å²) in [5.41, 5.74) is 6.10. The van der Waals surface area contributed by atoms with Crippen LogP contribution < -0.4 is 16.4 Å². The van der Waals surface area contributed by atoms with Gasteiger partial charge in [-0.3, -0.25) is 14.4 Å². The van der Waals surface area contributed by atoms with E-state index in [1.165, 1.54) is 0 Å². The van der Waals surface area contributed by atoms with Crippen molar-refractivity contribution in [3.05, 3.63) is 71.8 Å². The number of hydrogen-bond acceptors (Lipinski definition) is 4. The second kappa shape index (κ2) is 9.90. The molecule has 7 heteroatoms. The van der Waals surface area contributed by atoms with Gasteiger partial charge in [-0.1, -0.05) is 48.5 Å². The van der Waals surface area contributed by atoms with Gasteiger partial charge in [0.05, 0.1) is 6.04 Å². The molecule has 0 aliphatic heterocycles. The SMILES string of the molecule is C#CC[C@@H](NC(=O)[C@H](O)[C@@H](NC(=O)c1ccccc1)c1ccccc1)C(N)=O. The quantitative estimate of drug-likeness (QED) is 0.499. The van der Waals surface area contributed by atoms with Crippen LogP contribution in [0.5, 0.6) is 0 Å². The van der Waals surface area contributed by atoms with Crippen LogP contribution in [-0.2, 0) is 9.59 Å². The Kier molecular flexibility index (Phi) is 7.31. The normalized spacial score (nSPS) is 13.4. The maximum atomic E-state index is 12.5. The van der Waals surface area contributed by atoms with E-state index in [-0.39, 0.29) is 6.42 Å². The van der Waals surface area contributed by atoms with Gasteiger partial charge in [-0.25, -0.2) is 0 Å². The fourth-order valence-corrected chi connectivity index (χ4v) is 2.57. The second-order valence-corrected chi connectivity index (χ2v) is 6.04. The van der Waals surface area contributed by atoms with Crippen LogP contribution in [-0.4, -0.2) is 35.0 Å². The third-order valence-electron chi connectivity index (χ3n) is 4.05. The predicted octanol–water partition coefficient (Wildman–Crippen LogP) is 0.512. The summed E-state index contributed by atoms with van der Waals surface area (Å²) in [4.78, 5) is 36.4. The number of nitrogens with two attached hydrogens (primary N) is 1. The molecule has 0 aliphatic rings. The number of aliphatic hydroxyl groups is 1. The lowest BCUT2D eigenvalue weighted by Crippen LogP contribution is -2.51. The number of hydrogen-bond donors (Lipinski definition) is 4. The molecule has 5 N–H and O–H groups in total. The molecule has 0 bridgehead atoms. The van der Waals surface area contributed by atoms with Crippen LogP contribution in [0.25, 0.3) is 0 Å². The highest BCUT2D eigenvalue weighted by atomic mass is 16.3. The van der Waals surface area contributed by atoms with Gasteiger partial charge in [0.1, 0.15) is 6.04 Å². The van der Waals surface area contributed by atoms with Crippen LogP contribution in [0.1, 0.15) is 28.4 Å². The summed E-state index contributed by atoms with van der Waals surface area (Å²) in [6.45, 7) is 0. The first kappa shape index (κ1) is 20.7. The van der Waals surface area contributed by atoms with Gasteiger partial charge in [-0.05, 0) is 17.7 Å². The Labute approximate surface area is 162 Å². The minimum absolute atomic E-state index is 0.111. The van der Waals surface area contributed by atoms with Gasteiger partial charge in [-0.2, -0.15) is 0 Å². The highest BCUT2D eigenvalue weighted by Gasteiger charge is 2.31. The molecule has 0 radical (unpaired) electrons. The van der Waals surface area contributed by atoms with Crippen molar-refractivity contribution >= 4 is 17.7 Å². The predicted molar refractivity (Wildman–Crippen MR) is 104 cm³/mol. The van der Waals surface area contributed by atoms with Crippen molar-refractivity contribution in [3.8, 4) is 12.3 Å². The van der Waals surface area contributed by atoms with Gasteiger partial charge in [0, 0.05) is 12.0 Å². The molecule has 0 aromatic heterocycles. The lowest BCUT2D eigenvalue weighted by molar-refractivity contribution is -0.134. The summed E-state index contributed by atoms with van der Waals surface area (Å²) in [5.74, 6) is 0.0890. The molecular weight excluding hydrogens is 358 g/mol. The fourth-order valence-electron chi connectivity index (χ4n) is 2.57. The number of terminal acetylenes is 1. The Morgan fingerprint density at radius 2 is 1.57 bits per heavy atom. The Hall–Kier alpha value is -3.63. The number of benzene rings is 2. The maximum Gasteiger partial charge on any atom is 0.252 e. The smallest absolute Gasteiger partial charge is 0.252 e. The van der Waals surface area contributed by atoms with Gasteiger partial charge in [0.2, 0.25) is 5.91 Å². The molecule has 0 spiro atoms. The monoisotopic (exact) mass is 379 g/mol. The van der Waals surface area contributed by atoms with E-state index in [4.69, 9.17) is 12.2 Å². The van der Waals surface area contributed by atoms with E-state index in [0.717, 1.165) is 0 Å². The first-order valence-electron chi connectivity index (χ1n) is 8.56. The number of primary amides is 1. The van der Waals surface area contributed by atoms with E-state index in [2.05, 4.69) is 16.6 Å². The van der Waals surface area contributed by atoms with Crippen molar-refractivity contribution in [1.82, 2.24) is 10.6 Å². The summed E-state index contributed by atoms with van der Waals surface area (Å²) < 4.78 is 0. The lowest BCUT2D eigenvalue weighted by Gasteiger charge is -2.25. The molecular formula is C21H21N3O4. The fraction of sp³-hybridized carbons (Fsp3) is 0.190. The Bertz CT molecular complexity index is 862. The van der Waals surface area contributed by atoms with Crippen LogP contribution in [0.2, 0.25) is 0 Å². The third-order valence-corrected chi connectivity index (χ3v) is 4.05. The van der Waals surface area contributed by atoms with Crippen LogP contribution in [0, 0.1) is 12.3 Å². The average molecular weight is 379 g/mol. The minimum atomic E-state index is -1.67. The number of amides is 3. The zero-order chi connectivity index (χ0) is 20.5. The van der Waals surface area contributed by atoms with Gasteiger partial charge in [-0.15, -0.1) is 12.3 Å². The Morgan fingerprint density at radius 1 is 1.00 bits per heavy atom. The molecule has 2 aromatic carbocycles. The molecule has 28 heavy (non-hydrogen) atoms. The van der Waals surface area contributed by atoms with Crippen molar-refractivity contribution < 1.29 is 19.5 Å². The topological polar surface area (TPSA) is 122 Å². The van der Waals surface area contributed by atoms with Gasteiger partial charge >= 0.3 is 0 Å². The van der Waals surface area contributed by atoms with Crippen LogP contribution in [0.4, 0.5) is 0 Å². The number of nitrogens with one attached hydrogen (secondary N) is 2. The molecule has 0 saturated carbocycles.